The van der Waals surface area contributed by atoms with Gasteiger partial charge in [0.05, 0.1) is 0 Å². The Morgan fingerprint density at radius 1 is 1.10 bits per heavy atom. The van der Waals surface area contributed by atoms with Crippen LogP contribution in [0.1, 0.15) is 16.7 Å². The Labute approximate surface area is 120 Å². The average molecular weight is 291 g/mol. The number of hydrogen-bond donors (Lipinski definition) is 3. The molecule has 2 aromatic rings. The molecule has 0 aliphatic heterocycles. The highest BCUT2D eigenvalue weighted by Gasteiger charge is 2.08. The van der Waals surface area contributed by atoms with Gasteiger partial charge in [0, 0.05) is 18.7 Å². The molecule has 0 amide bonds. The molecular weight excluding hydrogens is 276 g/mol. The number of halogens is 2. The lowest BCUT2D eigenvalue weighted by molar-refractivity contribution is 0.318. The molecule has 4 nitrogen and oxygen atoms in total. The number of nitrogens with zero attached hydrogens (tertiary/aromatic N) is 1. The van der Waals surface area contributed by atoms with Crippen LogP contribution in [-0.2, 0) is 13.1 Å². The molecule has 0 radical (unpaired) electrons. The lowest BCUT2D eigenvalue weighted by Gasteiger charge is -2.10. The third kappa shape index (κ3) is 4.00. The van der Waals surface area contributed by atoms with Crippen molar-refractivity contribution in [2.24, 2.45) is 10.9 Å². The van der Waals surface area contributed by atoms with Crippen molar-refractivity contribution in [3.8, 4) is 0 Å². The van der Waals surface area contributed by atoms with Gasteiger partial charge in [0.2, 0.25) is 0 Å². The van der Waals surface area contributed by atoms with E-state index in [0.29, 0.717) is 24.2 Å². The average Bonchev–Trinajstić information content (AvgIpc) is 2.48. The maximum Gasteiger partial charge on any atom is 0.170 e. The third-order valence-corrected chi connectivity index (χ3v) is 2.99. The van der Waals surface area contributed by atoms with Gasteiger partial charge in [-0.15, -0.1) is 0 Å². The highest BCUT2D eigenvalue weighted by molar-refractivity contribution is 5.98. The standard InChI is InChI=1S/C15H15F2N3O/c16-12-3-1-2-10(6-12)8-19-9-11-4-5-13(17)7-14(11)15(18)20-21/h1-7,19,21H,8-9H2,(H2,18,20). The molecule has 2 rings (SSSR count). The molecule has 4 N–H and O–H groups in total. The molecule has 0 saturated carbocycles. The second-order valence-electron chi connectivity index (χ2n) is 4.52. The molecule has 0 bridgehead atoms. The van der Waals surface area contributed by atoms with Crippen LogP contribution in [0.15, 0.2) is 47.6 Å². The normalized spacial score (nSPS) is 11.6. The number of nitrogens with two attached hydrogens (primary N) is 1. The molecule has 2 aromatic carbocycles. The Morgan fingerprint density at radius 3 is 2.57 bits per heavy atom. The first-order valence-electron chi connectivity index (χ1n) is 6.31. The molecular formula is C15H15F2N3O. The zero-order valence-electron chi connectivity index (χ0n) is 11.2. The lowest BCUT2D eigenvalue weighted by atomic mass is 10.1. The number of rotatable bonds is 5. The number of oxime groups is 1. The van der Waals surface area contributed by atoms with Crippen LogP contribution in [0.3, 0.4) is 0 Å². The SMILES string of the molecule is NC(=NO)c1cc(F)ccc1CNCc1cccc(F)c1. The maximum absolute atomic E-state index is 13.2. The van der Waals surface area contributed by atoms with Gasteiger partial charge in [-0.25, -0.2) is 8.78 Å². The van der Waals surface area contributed by atoms with E-state index >= 15 is 0 Å². The van der Waals surface area contributed by atoms with Gasteiger partial charge >= 0.3 is 0 Å². The Hall–Kier alpha value is -2.47. The Morgan fingerprint density at radius 2 is 1.86 bits per heavy atom. The van der Waals surface area contributed by atoms with E-state index in [1.165, 1.54) is 24.3 Å². The predicted octanol–water partition coefficient (Wildman–Crippen LogP) is 2.35. The first-order chi connectivity index (χ1) is 10.1. The molecule has 0 saturated heterocycles. The molecule has 21 heavy (non-hydrogen) atoms. The molecule has 0 aromatic heterocycles. The van der Waals surface area contributed by atoms with Crippen LogP contribution in [0.4, 0.5) is 8.78 Å². The van der Waals surface area contributed by atoms with Gasteiger partial charge in [-0.2, -0.15) is 0 Å². The number of nitrogens with one attached hydrogen (secondary N) is 1. The van der Waals surface area contributed by atoms with E-state index < -0.39 is 5.82 Å². The van der Waals surface area contributed by atoms with Crippen molar-refractivity contribution in [2.75, 3.05) is 0 Å². The van der Waals surface area contributed by atoms with Crippen molar-refractivity contribution in [1.29, 1.82) is 0 Å². The topological polar surface area (TPSA) is 70.6 Å². The summed E-state index contributed by atoms with van der Waals surface area (Å²) in [6.45, 7) is 0.826. The van der Waals surface area contributed by atoms with Gasteiger partial charge in [0.25, 0.3) is 0 Å². The van der Waals surface area contributed by atoms with Crippen LogP contribution >= 0.6 is 0 Å². The molecule has 0 spiro atoms. The monoisotopic (exact) mass is 291 g/mol. The first-order valence-corrected chi connectivity index (χ1v) is 6.31. The summed E-state index contributed by atoms with van der Waals surface area (Å²) in [5, 5.41) is 14.7. The zero-order valence-corrected chi connectivity index (χ0v) is 11.2. The number of hydrogen-bond acceptors (Lipinski definition) is 3. The van der Waals surface area contributed by atoms with Crippen molar-refractivity contribution in [3.05, 3.63) is 70.8 Å². The fourth-order valence-corrected chi connectivity index (χ4v) is 1.98. The van der Waals surface area contributed by atoms with E-state index in [0.717, 1.165) is 5.56 Å². The van der Waals surface area contributed by atoms with Gasteiger partial charge in [-0.3, -0.25) is 0 Å². The summed E-state index contributed by atoms with van der Waals surface area (Å²) < 4.78 is 26.3. The summed E-state index contributed by atoms with van der Waals surface area (Å²) in [6.07, 6.45) is 0. The van der Waals surface area contributed by atoms with E-state index in [4.69, 9.17) is 10.9 Å². The van der Waals surface area contributed by atoms with E-state index in [2.05, 4.69) is 10.5 Å². The Balaban J connectivity index is 2.06. The lowest BCUT2D eigenvalue weighted by Crippen LogP contribution is -2.20. The summed E-state index contributed by atoms with van der Waals surface area (Å²) >= 11 is 0. The summed E-state index contributed by atoms with van der Waals surface area (Å²) in [6, 6.07) is 10.3. The van der Waals surface area contributed by atoms with Crippen molar-refractivity contribution < 1.29 is 14.0 Å². The zero-order chi connectivity index (χ0) is 15.2. The molecule has 6 heteroatoms. The van der Waals surface area contributed by atoms with E-state index in [-0.39, 0.29) is 11.7 Å². The van der Waals surface area contributed by atoms with Gasteiger partial charge in [-0.1, -0.05) is 23.4 Å². The van der Waals surface area contributed by atoms with Gasteiger partial charge in [-0.05, 0) is 35.4 Å². The maximum atomic E-state index is 13.2. The minimum atomic E-state index is -0.467. The van der Waals surface area contributed by atoms with E-state index in [1.54, 1.807) is 18.2 Å². The molecule has 110 valence electrons. The molecule has 0 atom stereocenters. The second-order valence-corrected chi connectivity index (χ2v) is 4.52. The predicted molar refractivity (Wildman–Crippen MR) is 75.9 cm³/mol. The number of benzene rings is 2. The van der Waals surface area contributed by atoms with Gasteiger partial charge in [0.1, 0.15) is 11.6 Å². The Kier molecular flexibility index (Phi) is 4.84. The van der Waals surface area contributed by atoms with E-state index in [1.807, 2.05) is 0 Å². The van der Waals surface area contributed by atoms with Crippen LogP contribution in [0, 0.1) is 11.6 Å². The minimum Gasteiger partial charge on any atom is -0.409 e. The third-order valence-electron chi connectivity index (χ3n) is 2.99. The smallest absolute Gasteiger partial charge is 0.170 e. The quantitative estimate of drug-likeness (QED) is 0.343. The fraction of sp³-hybridized carbons (Fsp3) is 0.133. The highest BCUT2D eigenvalue weighted by atomic mass is 19.1. The molecule has 0 aliphatic carbocycles. The molecule has 0 fully saturated rings. The van der Waals surface area contributed by atoms with Crippen LogP contribution in [0.2, 0.25) is 0 Å². The molecule has 0 unspecified atom stereocenters. The van der Waals surface area contributed by atoms with Gasteiger partial charge in [0.15, 0.2) is 5.84 Å². The highest BCUT2D eigenvalue weighted by Crippen LogP contribution is 2.12. The summed E-state index contributed by atoms with van der Waals surface area (Å²) in [4.78, 5) is 0. The van der Waals surface area contributed by atoms with Crippen molar-refractivity contribution >= 4 is 5.84 Å². The van der Waals surface area contributed by atoms with Crippen LogP contribution in [0.5, 0.6) is 0 Å². The Bertz CT molecular complexity index is 659. The summed E-state index contributed by atoms with van der Waals surface area (Å²) in [7, 11) is 0. The fourth-order valence-electron chi connectivity index (χ4n) is 1.98. The largest absolute Gasteiger partial charge is 0.409 e. The van der Waals surface area contributed by atoms with Crippen LogP contribution < -0.4 is 11.1 Å². The second kappa shape index (κ2) is 6.81. The summed E-state index contributed by atoms with van der Waals surface area (Å²) in [5.74, 6) is -0.920. The summed E-state index contributed by atoms with van der Waals surface area (Å²) in [5.41, 5.74) is 7.32. The first kappa shape index (κ1) is 14.9. The van der Waals surface area contributed by atoms with Crippen LogP contribution in [-0.4, -0.2) is 11.0 Å². The van der Waals surface area contributed by atoms with Crippen molar-refractivity contribution in [1.82, 2.24) is 5.32 Å². The molecule has 0 heterocycles. The van der Waals surface area contributed by atoms with Gasteiger partial charge < -0.3 is 16.3 Å². The van der Waals surface area contributed by atoms with Crippen molar-refractivity contribution in [2.45, 2.75) is 13.1 Å². The minimum absolute atomic E-state index is 0.156. The van der Waals surface area contributed by atoms with Crippen molar-refractivity contribution in [3.63, 3.8) is 0 Å². The number of amidine groups is 1. The molecule has 0 aliphatic rings. The van der Waals surface area contributed by atoms with E-state index in [9.17, 15) is 8.78 Å². The van der Waals surface area contributed by atoms with Crippen LogP contribution in [0.25, 0.3) is 0 Å².